The molecule has 0 saturated carbocycles. The average molecular weight is 446 g/mol. The third kappa shape index (κ3) is 8.23. The molecule has 176 valence electrons. The molecule has 2 unspecified atom stereocenters. The number of unbranched alkanes of at least 4 members (excludes halogenated alkanes) is 1. The van der Waals surface area contributed by atoms with E-state index in [1.54, 1.807) is 32.9 Å². The molecule has 0 aliphatic heterocycles. The van der Waals surface area contributed by atoms with E-state index in [0.29, 0.717) is 12.1 Å². The summed E-state index contributed by atoms with van der Waals surface area (Å²) < 4.78 is 5.16. The van der Waals surface area contributed by atoms with E-state index in [4.69, 9.17) is 11.2 Å². The molecule has 0 bridgehead atoms. The maximum atomic E-state index is 13.2. The summed E-state index contributed by atoms with van der Waals surface area (Å²) in [6.07, 6.45) is 6.44. The smallest absolute Gasteiger partial charge is 0.408 e. The summed E-state index contributed by atoms with van der Waals surface area (Å²) in [5.74, 6) is -1.24. The molecule has 0 fully saturated rings. The van der Waals surface area contributed by atoms with E-state index in [1.165, 1.54) is 0 Å². The molecule has 1 aromatic carbocycles. The highest BCUT2D eigenvalue weighted by atomic mass is 16.6. The second-order valence-corrected chi connectivity index (χ2v) is 8.69. The van der Waals surface area contributed by atoms with Gasteiger partial charge in [-0.2, -0.15) is 0 Å². The second-order valence-electron chi connectivity index (χ2n) is 8.69. The first-order valence-corrected chi connectivity index (χ1v) is 10.7. The van der Waals surface area contributed by atoms with Crippen molar-refractivity contribution in [3.05, 3.63) is 34.9 Å². The van der Waals surface area contributed by atoms with Gasteiger partial charge in [0.2, 0.25) is 5.91 Å². The van der Waals surface area contributed by atoms with Crippen LogP contribution in [0.1, 0.15) is 63.3 Å². The molecular weight excluding hydrogens is 410 g/mol. The Morgan fingerprint density at radius 2 is 1.78 bits per heavy atom. The topological polar surface area (TPSA) is 108 Å². The van der Waals surface area contributed by atoms with Crippen molar-refractivity contribution in [2.45, 2.75) is 72.1 Å². The van der Waals surface area contributed by atoms with Gasteiger partial charge in [-0.15, -0.1) is 0 Å². The maximum absolute atomic E-state index is 13.2. The van der Waals surface area contributed by atoms with Gasteiger partial charge < -0.3 is 20.5 Å². The number of benzene rings is 1. The van der Waals surface area contributed by atoms with Crippen LogP contribution in [-0.2, 0) is 14.3 Å². The number of nitrogens with zero attached hydrogens (tertiary/aromatic N) is 1. The van der Waals surface area contributed by atoms with E-state index in [-0.39, 0.29) is 0 Å². The highest BCUT2D eigenvalue weighted by Gasteiger charge is 2.35. The zero-order valence-corrected chi connectivity index (χ0v) is 19.8. The van der Waals surface area contributed by atoms with Gasteiger partial charge in [-0.25, -0.2) is 4.79 Å². The first-order chi connectivity index (χ1) is 14.9. The highest BCUT2D eigenvalue weighted by molar-refractivity contribution is 5.93. The van der Waals surface area contributed by atoms with Crippen LogP contribution in [0.2, 0.25) is 0 Å². The Bertz CT molecular complexity index is 834. The number of ether oxygens (including phenoxy) is 1. The number of carbonyl (C=O) groups is 3. The molecule has 0 heterocycles. The largest absolute Gasteiger partial charge is 0.444 e. The molecule has 2 atom stereocenters. The van der Waals surface area contributed by atoms with Crippen molar-refractivity contribution in [1.82, 2.24) is 15.5 Å². The van der Waals surface area contributed by atoms with E-state index in [1.807, 2.05) is 26.8 Å². The van der Waals surface area contributed by atoms with E-state index in [2.05, 4.69) is 16.7 Å². The number of aliphatic hydroxyl groups is 1. The fraction of sp³-hybridized carbons (Fsp3) is 0.542. The number of hydrogen-bond donors (Lipinski definition) is 3. The molecule has 0 saturated heterocycles. The van der Waals surface area contributed by atoms with Gasteiger partial charge in [-0.05, 0) is 46.6 Å². The van der Waals surface area contributed by atoms with Gasteiger partial charge >= 0.3 is 6.09 Å². The van der Waals surface area contributed by atoms with Crippen LogP contribution >= 0.6 is 0 Å². The van der Waals surface area contributed by atoms with Crippen LogP contribution in [0, 0.1) is 26.3 Å². The van der Waals surface area contributed by atoms with Crippen LogP contribution in [0.4, 0.5) is 4.79 Å². The molecule has 8 nitrogen and oxygen atoms in total. The van der Waals surface area contributed by atoms with Crippen LogP contribution in [-0.4, -0.2) is 52.7 Å². The van der Waals surface area contributed by atoms with Crippen LogP contribution in [0.15, 0.2) is 18.2 Å². The Morgan fingerprint density at radius 3 is 2.25 bits per heavy atom. The summed E-state index contributed by atoms with van der Waals surface area (Å²) in [6.45, 7) is 10.5. The van der Waals surface area contributed by atoms with Crippen molar-refractivity contribution in [1.29, 1.82) is 0 Å². The average Bonchev–Trinajstić information content (AvgIpc) is 2.67. The summed E-state index contributed by atoms with van der Waals surface area (Å²) in [6, 6.07) is 5.27. The predicted molar refractivity (Wildman–Crippen MR) is 122 cm³/mol. The Hall–Kier alpha value is -3.05. The lowest BCUT2D eigenvalue weighted by Crippen LogP contribution is -2.53. The summed E-state index contributed by atoms with van der Waals surface area (Å²) in [5, 5.41) is 14.9. The Kier molecular flexibility index (Phi) is 10.2. The van der Waals surface area contributed by atoms with Crippen molar-refractivity contribution in [3.8, 4) is 12.5 Å². The Balaban J connectivity index is 3.28. The van der Waals surface area contributed by atoms with E-state index < -0.39 is 42.2 Å². The Morgan fingerprint density at radius 1 is 1.19 bits per heavy atom. The minimum absolute atomic E-state index is 0.433. The fourth-order valence-electron chi connectivity index (χ4n) is 3.14. The lowest BCUT2D eigenvalue weighted by molar-refractivity contribution is -0.139. The molecule has 3 N–H and O–H groups in total. The summed E-state index contributed by atoms with van der Waals surface area (Å²) in [4.78, 5) is 39.3. The van der Waals surface area contributed by atoms with Gasteiger partial charge in [0.25, 0.3) is 5.91 Å². The van der Waals surface area contributed by atoms with Crippen molar-refractivity contribution in [2.75, 3.05) is 13.2 Å². The number of carbonyl (C=O) groups excluding carboxylic acids is 3. The predicted octanol–water partition coefficient (Wildman–Crippen LogP) is 2.57. The number of terminal acetylenes is 1. The number of amides is 3. The number of nitrogens with one attached hydrogen (secondary N) is 2. The summed E-state index contributed by atoms with van der Waals surface area (Å²) in [7, 11) is 0. The van der Waals surface area contributed by atoms with Crippen molar-refractivity contribution in [2.24, 2.45) is 0 Å². The normalized spacial score (nSPS) is 12.8. The molecule has 32 heavy (non-hydrogen) atoms. The van der Waals surface area contributed by atoms with Crippen molar-refractivity contribution in [3.63, 3.8) is 0 Å². The molecular formula is C24H35N3O5. The zero-order valence-electron chi connectivity index (χ0n) is 19.8. The first kappa shape index (κ1) is 27.0. The number of alkyl carbamates (subject to hydrolysis) is 1. The molecule has 1 aromatic rings. The van der Waals surface area contributed by atoms with E-state index in [9.17, 15) is 19.5 Å². The quantitative estimate of drug-likeness (QED) is 0.308. The summed E-state index contributed by atoms with van der Waals surface area (Å²) >= 11 is 0. The molecule has 3 amide bonds. The molecule has 0 aliphatic rings. The van der Waals surface area contributed by atoms with Gasteiger partial charge in [0.15, 0.2) is 0 Å². The first-order valence-electron chi connectivity index (χ1n) is 10.7. The van der Waals surface area contributed by atoms with Crippen LogP contribution < -0.4 is 10.6 Å². The molecule has 0 radical (unpaired) electrons. The standard InChI is InChI=1S/C24H35N3O5/c1-8-10-11-25-21(29)20(18-13-16(3)12-17(4)14-18)27(9-2)22(30)19(15-28)26-23(31)32-24(5,6)7/h2,12-14,19-20,28H,8,10-11,15H2,1,3-7H3,(H,25,29)(H,26,31). The molecule has 0 spiro atoms. The van der Waals surface area contributed by atoms with Crippen LogP contribution in [0.5, 0.6) is 0 Å². The number of aryl methyl sites for hydroxylation is 2. The third-order valence-corrected chi connectivity index (χ3v) is 4.44. The Labute approximate surface area is 190 Å². The van der Waals surface area contributed by atoms with Gasteiger partial charge in [-0.1, -0.05) is 49.1 Å². The number of rotatable bonds is 9. The lowest BCUT2D eigenvalue weighted by Gasteiger charge is -2.30. The monoisotopic (exact) mass is 445 g/mol. The minimum Gasteiger partial charge on any atom is -0.444 e. The molecule has 0 aromatic heterocycles. The zero-order chi connectivity index (χ0) is 24.5. The molecule has 8 heteroatoms. The molecule has 0 aliphatic carbocycles. The number of aliphatic hydroxyl groups excluding tert-OH is 1. The SMILES string of the molecule is C#CN(C(=O)C(CO)NC(=O)OC(C)(C)C)C(C(=O)NCCCC)c1cc(C)cc(C)c1. The number of hydrogen-bond acceptors (Lipinski definition) is 5. The highest BCUT2D eigenvalue weighted by Crippen LogP contribution is 2.24. The van der Waals surface area contributed by atoms with Gasteiger partial charge in [-0.3, -0.25) is 14.5 Å². The van der Waals surface area contributed by atoms with Crippen molar-refractivity contribution >= 4 is 17.9 Å². The second kappa shape index (κ2) is 12.1. The summed E-state index contributed by atoms with van der Waals surface area (Å²) in [5.41, 5.74) is 1.55. The molecule has 1 rings (SSSR count). The third-order valence-electron chi connectivity index (χ3n) is 4.44. The lowest BCUT2D eigenvalue weighted by atomic mass is 9.99. The van der Waals surface area contributed by atoms with Gasteiger partial charge in [0.1, 0.15) is 17.7 Å². The van der Waals surface area contributed by atoms with Gasteiger partial charge in [0, 0.05) is 12.6 Å². The van der Waals surface area contributed by atoms with Crippen LogP contribution in [0.3, 0.4) is 0 Å². The van der Waals surface area contributed by atoms with E-state index in [0.717, 1.165) is 28.9 Å². The van der Waals surface area contributed by atoms with Crippen molar-refractivity contribution < 1.29 is 24.2 Å². The van der Waals surface area contributed by atoms with Gasteiger partial charge in [0.05, 0.1) is 6.61 Å². The fourth-order valence-corrected chi connectivity index (χ4v) is 3.14. The maximum Gasteiger partial charge on any atom is 0.408 e. The van der Waals surface area contributed by atoms with E-state index >= 15 is 0 Å². The minimum atomic E-state index is -1.38. The van der Waals surface area contributed by atoms with Crippen LogP contribution in [0.25, 0.3) is 0 Å².